The first kappa shape index (κ1) is 13.5. The Morgan fingerprint density at radius 2 is 1.41 bits per heavy atom. The summed E-state index contributed by atoms with van der Waals surface area (Å²) in [6, 6.07) is 3.03. The van der Waals surface area contributed by atoms with E-state index >= 15 is 0 Å². The molecule has 1 aromatic carbocycles. The first-order valence-electron chi connectivity index (χ1n) is 4.19. The van der Waals surface area contributed by atoms with Crippen molar-refractivity contribution >= 4 is 0 Å². The molecule has 0 aliphatic carbocycles. The first-order valence-corrected chi connectivity index (χ1v) is 4.19. The van der Waals surface area contributed by atoms with E-state index < -0.39 is 24.2 Å². The molecule has 0 saturated heterocycles. The second-order valence-electron chi connectivity index (χ2n) is 3.00. The lowest BCUT2D eigenvalue weighted by atomic mass is 10.2. The van der Waals surface area contributed by atoms with Gasteiger partial charge in [0.25, 0.3) is 0 Å². The molecule has 0 aliphatic rings. The van der Waals surface area contributed by atoms with E-state index in [9.17, 15) is 26.3 Å². The van der Waals surface area contributed by atoms with Crippen LogP contribution in [-0.2, 0) is 0 Å². The van der Waals surface area contributed by atoms with E-state index in [1.165, 1.54) is 13.0 Å². The van der Waals surface area contributed by atoms with Gasteiger partial charge in [-0.2, -0.15) is 0 Å². The van der Waals surface area contributed by atoms with Crippen LogP contribution in [-0.4, -0.2) is 12.7 Å². The van der Waals surface area contributed by atoms with Gasteiger partial charge in [-0.3, -0.25) is 0 Å². The van der Waals surface area contributed by atoms with Crippen molar-refractivity contribution in [3.8, 4) is 11.5 Å². The Balaban J connectivity index is 3.09. The number of hydrogen-bond donors (Lipinski definition) is 0. The van der Waals surface area contributed by atoms with Crippen molar-refractivity contribution in [3.63, 3.8) is 0 Å². The van der Waals surface area contributed by atoms with E-state index in [0.29, 0.717) is 0 Å². The monoisotopic (exact) mass is 260 g/mol. The van der Waals surface area contributed by atoms with Gasteiger partial charge >= 0.3 is 12.7 Å². The lowest BCUT2D eigenvalue weighted by molar-refractivity contribution is -0.287. The van der Waals surface area contributed by atoms with Crippen LogP contribution in [0, 0.1) is 6.92 Å². The van der Waals surface area contributed by atoms with E-state index in [4.69, 9.17) is 0 Å². The van der Waals surface area contributed by atoms with Crippen molar-refractivity contribution in [1.82, 2.24) is 0 Å². The van der Waals surface area contributed by atoms with Crippen LogP contribution in [0.1, 0.15) is 5.56 Å². The lowest BCUT2D eigenvalue weighted by Crippen LogP contribution is -2.21. The molecule has 0 amide bonds. The Hall–Kier alpha value is -1.60. The second-order valence-corrected chi connectivity index (χ2v) is 3.00. The Morgan fingerprint density at radius 1 is 0.882 bits per heavy atom. The maximum atomic E-state index is 12.0. The molecule has 0 fully saturated rings. The van der Waals surface area contributed by atoms with Crippen LogP contribution < -0.4 is 9.47 Å². The third kappa shape index (κ3) is 4.41. The fraction of sp³-hybridized carbons (Fsp3) is 0.333. The van der Waals surface area contributed by atoms with Gasteiger partial charge in [0.1, 0.15) is 0 Å². The van der Waals surface area contributed by atoms with Crippen LogP contribution >= 0.6 is 0 Å². The molecule has 0 unspecified atom stereocenters. The van der Waals surface area contributed by atoms with Crippen molar-refractivity contribution in [2.45, 2.75) is 19.6 Å². The quantitative estimate of drug-likeness (QED) is 0.753. The van der Waals surface area contributed by atoms with E-state index in [-0.39, 0.29) is 5.56 Å². The molecule has 2 nitrogen and oxygen atoms in total. The molecule has 96 valence electrons. The van der Waals surface area contributed by atoms with Gasteiger partial charge in [0, 0.05) is 0 Å². The van der Waals surface area contributed by atoms with Crippen molar-refractivity contribution in [2.24, 2.45) is 0 Å². The molecular formula is C9H6F6O2. The molecule has 0 aliphatic heterocycles. The van der Waals surface area contributed by atoms with Gasteiger partial charge in [-0.25, -0.2) is 0 Å². The van der Waals surface area contributed by atoms with Crippen LogP contribution in [0.4, 0.5) is 26.3 Å². The minimum atomic E-state index is -5.09. The Bertz CT molecular complexity index is 395. The Kier molecular flexibility index (Phi) is 3.44. The molecule has 0 N–H and O–H groups in total. The van der Waals surface area contributed by atoms with E-state index in [1.807, 2.05) is 0 Å². The SMILES string of the molecule is Cc1cccc(OC(F)(F)F)c1OC(F)(F)F. The number of benzene rings is 1. The zero-order valence-electron chi connectivity index (χ0n) is 8.32. The zero-order chi connectivity index (χ0) is 13.3. The number of ether oxygens (including phenoxy) is 2. The smallest absolute Gasteiger partial charge is 0.402 e. The number of para-hydroxylation sites is 1. The van der Waals surface area contributed by atoms with Crippen molar-refractivity contribution in [3.05, 3.63) is 23.8 Å². The highest BCUT2D eigenvalue weighted by Gasteiger charge is 2.37. The maximum absolute atomic E-state index is 12.0. The predicted molar refractivity (Wildman–Crippen MR) is 44.5 cm³/mol. The average molecular weight is 260 g/mol. The lowest BCUT2D eigenvalue weighted by Gasteiger charge is -2.16. The number of rotatable bonds is 2. The van der Waals surface area contributed by atoms with Crippen LogP contribution in [0.25, 0.3) is 0 Å². The summed E-state index contributed by atoms with van der Waals surface area (Å²) in [5.74, 6) is -2.04. The highest BCUT2D eigenvalue weighted by Crippen LogP contribution is 2.37. The summed E-state index contributed by atoms with van der Waals surface area (Å²) in [6.45, 7) is 1.17. The third-order valence-electron chi connectivity index (χ3n) is 1.62. The molecule has 8 heteroatoms. The Morgan fingerprint density at radius 3 is 1.88 bits per heavy atom. The highest BCUT2D eigenvalue weighted by atomic mass is 19.4. The molecule has 0 atom stereocenters. The Labute approximate surface area is 91.7 Å². The van der Waals surface area contributed by atoms with E-state index in [2.05, 4.69) is 9.47 Å². The molecular weight excluding hydrogens is 254 g/mol. The number of aryl methyl sites for hydroxylation is 1. The van der Waals surface area contributed by atoms with Gasteiger partial charge in [-0.05, 0) is 18.6 Å². The summed E-state index contributed by atoms with van der Waals surface area (Å²) < 4.78 is 78.6. The van der Waals surface area contributed by atoms with Gasteiger partial charge < -0.3 is 9.47 Å². The van der Waals surface area contributed by atoms with Gasteiger partial charge in [-0.15, -0.1) is 26.3 Å². The van der Waals surface area contributed by atoms with Crippen LogP contribution in [0.2, 0.25) is 0 Å². The van der Waals surface area contributed by atoms with Gasteiger partial charge in [0.15, 0.2) is 11.5 Å². The molecule has 0 spiro atoms. The number of alkyl halides is 6. The van der Waals surface area contributed by atoms with E-state index in [0.717, 1.165) is 12.1 Å². The van der Waals surface area contributed by atoms with Crippen LogP contribution in [0.5, 0.6) is 11.5 Å². The maximum Gasteiger partial charge on any atom is 0.573 e. The molecule has 0 radical (unpaired) electrons. The molecule has 1 aromatic rings. The average Bonchev–Trinajstić information content (AvgIpc) is 2.07. The molecule has 1 rings (SSSR count). The fourth-order valence-corrected chi connectivity index (χ4v) is 1.08. The summed E-state index contributed by atoms with van der Waals surface area (Å²) in [7, 11) is 0. The molecule has 0 aromatic heterocycles. The first-order chi connectivity index (χ1) is 7.58. The van der Waals surface area contributed by atoms with Crippen LogP contribution in [0.3, 0.4) is 0 Å². The standard InChI is InChI=1S/C9H6F6O2/c1-5-3-2-4-6(16-8(10,11)12)7(5)17-9(13,14)15/h2-4H,1H3. The van der Waals surface area contributed by atoms with Crippen molar-refractivity contribution < 1.29 is 35.8 Å². The van der Waals surface area contributed by atoms with Gasteiger partial charge in [0.2, 0.25) is 0 Å². The normalized spacial score (nSPS) is 12.4. The van der Waals surface area contributed by atoms with Crippen molar-refractivity contribution in [2.75, 3.05) is 0 Å². The van der Waals surface area contributed by atoms with Gasteiger partial charge in [0.05, 0.1) is 0 Å². The zero-order valence-corrected chi connectivity index (χ0v) is 8.32. The predicted octanol–water partition coefficient (Wildman–Crippen LogP) is 3.79. The highest BCUT2D eigenvalue weighted by molar-refractivity contribution is 5.46. The second kappa shape index (κ2) is 4.34. The minimum Gasteiger partial charge on any atom is -0.402 e. The third-order valence-corrected chi connectivity index (χ3v) is 1.62. The summed E-state index contributed by atoms with van der Waals surface area (Å²) in [4.78, 5) is 0. The summed E-state index contributed by atoms with van der Waals surface area (Å²) in [5.41, 5.74) is -0.121. The summed E-state index contributed by atoms with van der Waals surface area (Å²) >= 11 is 0. The topological polar surface area (TPSA) is 18.5 Å². The van der Waals surface area contributed by atoms with Gasteiger partial charge in [-0.1, -0.05) is 12.1 Å². The molecule has 0 saturated carbocycles. The molecule has 17 heavy (non-hydrogen) atoms. The van der Waals surface area contributed by atoms with Crippen molar-refractivity contribution in [1.29, 1.82) is 0 Å². The molecule has 0 bridgehead atoms. The summed E-state index contributed by atoms with van der Waals surface area (Å²) in [5, 5.41) is 0. The van der Waals surface area contributed by atoms with E-state index in [1.54, 1.807) is 0 Å². The van der Waals surface area contributed by atoms with Crippen LogP contribution in [0.15, 0.2) is 18.2 Å². The minimum absolute atomic E-state index is 0.121. The largest absolute Gasteiger partial charge is 0.573 e. The fourth-order valence-electron chi connectivity index (χ4n) is 1.08. The number of halogens is 6. The molecule has 0 heterocycles. The number of hydrogen-bond acceptors (Lipinski definition) is 2. The summed E-state index contributed by atoms with van der Waals surface area (Å²) in [6.07, 6.45) is -10.2.